The van der Waals surface area contributed by atoms with Gasteiger partial charge in [0.15, 0.2) is 0 Å². The fourth-order valence-corrected chi connectivity index (χ4v) is 3.45. The first-order chi connectivity index (χ1) is 12.3. The molecule has 4 heteroatoms. The summed E-state index contributed by atoms with van der Waals surface area (Å²) in [6.07, 6.45) is 6.30. The summed E-state index contributed by atoms with van der Waals surface area (Å²) < 4.78 is 6.01. The van der Waals surface area contributed by atoms with Gasteiger partial charge in [-0.2, -0.15) is 0 Å². The van der Waals surface area contributed by atoms with Crippen LogP contribution in [0.5, 0.6) is 5.75 Å². The summed E-state index contributed by atoms with van der Waals surface area (Å²) in [6, 6.07) is 12.3. The maximum atomic E-state index is 6.01. The fraction of sp³-hybridized carbons (Fsp3) is 0.476. The number of para-hydroxylation sites is 1. The van der Waals surface area contributed by atoms with E-state index < -0.39 is 0 Å². The smallest absolute Gasteiger partial charge is 0.124 e. The van der Waals surface area contributed by atoms with Crippen LogP contribution in [0.25, 0.3) is 0 Å². The van der Waals surface area contributed by atoms with E-state index in [1.165, 1.54) is 38.0 Å². The van der Waals surface area contributed by atoms with Crippen molar-refractivity contribution in [2.24, 2.45) is 5.92 Å². The van der Waals surface area contributed by atoms with E-state index in [1.54, 1.807) is 6.20 Å². The lowest BCUT2D eigenvalue weighted by Gasteiger charge is -2.32. The minimum atomic E-state index is 0.555. The van der Waals surface area contributed by atoms with E-state index in [4.69, 9.17) is 4.74 Å². The summed E-state index contributed by atoms with van der Waals surface area (Å²) >= 11 is 0. The number of nitrogens with one attached hydrogen (secondary N) is 1. The van der Waals surface area contributed by atoms with E-state index in [1.807, 2.05) is 30.5 Å². The van der Waals surface area contributed by atoms with Crippen molar-refractivity contribution in [3.05, 3.63) is 59.9 Å². The molecule has 0 unspecified atom stereocenters. The molecule has 1 atom stereocenters. The van der Waals surface area contributed by atoms with Crippen LogP contribution < -0.4 is 10.1 Å². The van der Waals surface area contributed by atoms with Crippen molar-refractivity contribution < 1.29 is 4.74 Å². The van der Waals surface area contributed by atoms with Gasteiger partial charge in [0, 0.05) is 36.6 Å². The quantitative estimate of drug-likeness (QED) is 0.799. The van der Waals surface area contributed by atoms with E-state index in [2.05, 4.69) is 34.3 Å². The normalized spacial score (nSPS) is 18.2. The van der Waals surface area contributed by atoms with Gasteiger partial charge in [-0.25, -0.2) is 0 Å². The number of hydrogen-bond donors (Lipinski definition) is 1. The molecule has 0 spiro atoms. The predicted octanol–water partition coefficient (Wildman–Crippen LogP) is 3.48. The molecular formula is C21H29N3O. The maximum Gasteiger partial charge on any atom is 0.124 e. The lowest BCUT2D eigenvalue weighted by atomic mass is 9.98. The molecule has 2 aromatic rings. The largest absolute Gasteiger partial charge is 0.489 e. The Balaban J connectivity index is 1.49. The second-order valence-corrected chi connectivity index (χ2v) is 6.79. The number of rotatable bonds is 8. The zero-order chi connectivity index (χ0) is 17.3. The van der Waals surface area contributed by atoms with Crippen LogP contribution in [0.15, 0.2) is 48.8 Å². The number of benzene rings is 1. The third-order valence-electron chi connectivity index (χ3n) is 4.89. The highest BCUT2D eigenvalue weighted by molar-refractivity contribution is 5.33. The molecule has 3 rings (SSSR count). The van der Waals surface area contributed by atoms with E-state index in [9.17, 15) is 0 Å². The van der Waals surface area contributed by atoms with Crippen molar-refractivity contribution in [1.29, 1.82) is 0 Å². The fourth-order valence-electron chi connectivity index (χ4n) is 3.45. The molecule has 1 aliphatic rings. The van der Waals surface area contributed by atoms with Crippen molar-refractivity contribution >= 4 is 0 Å². The summed E-state index contributed by atoms with van der Waals surface area (Å²) in [5.74, 6) is 1.72. The highest BCUT2D eigenvalue weighted by Gasteiger charge is 2.18. The van der Waals surface area contributed by atoms with Crippen LogP contribution in [0.2, 0.25) is 0 Å². The van der Waals surface area contributed by atoms with Crippen LogP contribution >= 0.6 is 0 Å². The van der Waals surface area contributed by atoms with Crippen molar-refractivity contribution in [2.45, 2.75) is 32.9 Å². The van der Waals surface area contributed by atoms with Gasteiger partial charge in [0.05, 0.1) is 0 Å². The molecule has 25 heavy (non-hydrogen) atoms. The molecular weight excluding hydrogens is 310 g/mol. The van der Waals surface area contributed by atoms with Crippen LogP contribution in [-0.2, 0) is 13.2 Å². The average Bonchev–Trinajstić information content (AvgIpc) is 2.68. The van der Waals surface area contributed by atoms with Gasteiger partial charge >= 0.3 is 0 Å². The van der Waals surface area contributed by atoms with E-state index in [0.29, 0.717) is 6.61 Å². The Morgan fingerprint density at radius 1 is 1.24 bits per heavy atom. The highest BCUT2D eigenvalue weighted by atomic mass is 16.5. The Morgan fingerprint density at radius 2 is 2.16 bits per heavy atom. The molecule has 1 aliphatic heterocycles. The molecule has 1 fully saturated rings. The Kier molecular flexibility index (Phi) is 6.83. The molecule has 2 heterocycles. The number of piperidine rings is 1. The average molecular weight is 339 g/mol. The Labute approximate surface area is 151 Å². The highest BCUT2D eigenvalue weighted by Crippen LogP contribution is 2.20. The summed E-state index contributed by atoms with van der Waals surface area (Å²) in [5, 5.41) is 3.64. The summed E-state index contributed by atoms with van der Waals surface area (Å²) in [7, 11) is 0. The van der Waals surface area contributed by atoms with E-state index >= 15 is 0 Å². The van der Waals surface area contributed by atoms with Crippen LogP contribution in [0.3, 0.4) is 0 Å². The number of likely N-dealkylation sites (tertiary alicyclic amines) is 1. The van der Waals surface area contributed by atoms with E-state index in [0.717, 1.165) is 30.3 Å². The summed E-state index contributed by atoms with van der Waals surface area (Å²) in [4.78, 5) is 6.69. The third kappa shape index (κ3) is 5.55. The molecule has 0 saturated carbocycles. The molecule has 0 bridgehead atoms. The van der Waals surface area contributed by atoms with Crippen molar-refractivity contribution in [3.8, 4) is 5.75 Å². The Morgan fingerprint density at radius 3 is 3.00 bits per heavy atom. The molecule has 1 saturated heterocycles. The lowest BCUT2D eigenvalue weighted by molar-refractivity contribution is 0.180. The number of hydrogen-bond acceptors (Lipinski definition) is 4. The molecule has 1 aromatic heterocycles. The zero-order valence-corrected chi connectivity index (χ0v) is 15.2. The topological polar surface area (TPSA) is 37.4 Å². The van der Waals surface area contributed by atoms with Gasteiger partial charge in [0.1, 0.15) is 12.4 Å². The zero-order valence-electron chi connectivity index (χ0n) is 15.2. The maximum absolute atomic E-state index is 6.01. The third-order valence-corrected chi connectivity index (χ3v) is 4.89. The monoisotopic (exact) mass is 339 g/mol. The SMILES string of the molecule is CCN1CCC[C@@H](CNCc2ccccc2OCc2cccnc2)C1. The van der Waals surface area contributed by atoms with Gasteiger partial charge in [-0.1, -0.05) is 31.2 Å². The van der Waals surface area contributed by atoms with Gasteiger partial charge in [-0.3, -0.25) is 4.98 Å². The molecule has 1 aromatic carbocycles. The van der Waals surface area contributed by atoms with Crippen molar-refractivity contribution in [2.75, 3.05) is 26.2 Å². The first-order valence-corrected chi connectivity index (χ1v) is 9.38. The Hall–Kier alpha value is -1.91. The van der Waals surface area contributed by atoms with Crippen LogP contribution in [0.4, 0.5) is 0 Å². The van der Waals surface area contributed by atoms with Gasteiger partial charge in [-0.05, 0) is 50.5 Å². The standard InChI is InChI=1S/C21H29N3O/c1-2-24-12-6-8-18(16-24)13-23-15-20-9-3-4-10-21(20)25-17-19-7-5-11-22-14-19/h3-5,7,9-11,14,18,23H,2,6,8,12-13,15-17H2,1H3/t18-/m0/s1. The van der Waals surface area contributed by atoms with Crippen molar-refractivity contribution in [3.63, 3.8) is 0 Å². The second-order valence-electron chi connectivity index (χ2n) is 6.79. The number of pyridine rings is 1. The van der Waals surface area contributed by atoms with Crippen LogP contribution in [-0.4, -0.2) is 36.1 Å². The molecule has 0 amide bonds. The molecule has 134 valence electrons. The number of aromatic nitrogens is 1. The number of ether oxygens (including phenoxy) is 1. The molecule has 4 nitrogen and oxygen atoms in total. The molecule has 0 radical (unpaired) electrons. The molecule has 1 N–H and O–H groups in total. The molecule has 0 aliphatic carbocycles. The minimum absolute atomic E-state index is 0.555. The lowest BCUT2D eigenvalue weighted by Crippen LogP contribution is -2.39. The van der Waals surface area contributed by atoms with Gasteiger partial charge in [-0.15, -0.1) is 0 Å². The van der Waals surface area contributed by atoms with Gasteiger partial charge in [0.2, 0.25) is 0 Å². The second kappa shape index (κ2) is 9.54. The first-order valence-electron chi connectivity index (χ1n) is 9.38. The predicted molar refractivity (Wildman–Crippen MR) is 102 cm³/mol. The van der Waals surface area contributed by atoms with Crippen molar-refractivity contribution in [1.82, 2.24) is 15.2 Å². The van der Waals surface area contributed by atoms with Crippen LogP contribution in [0.1, 0.15) is 30.9 Å². The first kappa shape index (κ1) is 17.9. The summed E-state index contributed by atoms with van der Waals surface area (Å²) in [6.45, 7) is 8.39. The number of nitrogens with zero attached hydrogens (tertiary/aromatic N) is 2. The minimum Gasteiger partial charge on any atom is -0.489 e. The van der Waals surface area contributed by atoms with E-state index in [-0.39, 0.29) is 0 Å². The Bertz CT molecular complexity index is 632. The van der Waals surface area contributed by atoms with Crippen LogP contribution in [0, 0.1) is 5.92 Å². The van der Waals surface area contributed by atoms with Gasteiger partial charge < -0.3 is 15.0 Å². The van der Waals surface area contributed by atoms with Gasteiger partial charge in [0.25, 0.3) is 0 Å². The summed E-state index contributed by atoms with van der Waals surface area (Å²) in [5.41, 5.74) is 2.31.